The lowest BCUT2D eigenvalue weighted by molar-refractivity contribution is -0.122. The molecule has 1 heterocycles. The molecule has 0 radical (unpaired) electrons. The van der Waals surface area contributed by atoms with E-state index in [1.165, 1.54) is 0 Å². The van der Waals surface area contributed by atoms with Gasteiger partial charge in [0.25, 0.3) is 0 Å². The quantitative estimate of drug-likeness (QED) is 0.597. The molecule has 1 saturated carbocycles. The van der Waals surface area contributed by atoms with Gasteiger partial charge in [0, 0.05) is 26.6 Å². The zero-order chi connectivity index (χ0) is 13.7. The number of methoxy groups -OCH3 is 1. The largest absolute Gasteiger partial charge is 0.381 e. The van der Waals surface area contributed by atoms with Crippen molar-refractivity contribution in [2.24, 2.45) is 4.99 Å². The van der Waals surface area contributed by atoms with Crippen LogP contribution >= 0.6 is 0 Å². The van der Waals surface area contributed by atoms with Crippen molar-refractivity contribution in [1.82, 2.24) is 10.6 Å². The predicted octanol–water partition coefficient (Wildman–Crippen LogP) is 1.23. The van der Waals surface area contributed by atoms with Gasteiger partial charge in [-0.2, -0.15) is 0 Å². The molecule has 5 heteroatoms. The van der Waals surface area contributed by atoms with Crippen LogP contribution in [0, 0.1) is 0 Å². The van der Waals surface area contributed by atoms with Gasteiger partial charge in [-0.1, -0.05) is 0 Å². The average molecular weight is 267 g/mol. The van der Waals surface area contributed by atoms with E-state index < -0.39 is 0 Å². The summed E-state index contributed by atoms with van der Waals surface area (Å²) in [4.78, 5) is 15.8. The van der Waals surface area contributed by atoms with E-state index in [1.807, 2.05) is 0 Å². The van der Waals surface area contributed by atoms with Crippen molar-refractivity contribution in [3.8, 4) is 0 Å². The molecule has 2 rings (SSSR count). The van der Waals surface area contributed by atoms with Gasteiger partial charge in [-0.3, -0.25) is 9.79 Å². The molecule has 1 saturated heterocycles. The van der Waals surface area contributed by atoms with Gasteiger partial charge < -0.3 is 15.4 Å². The zero-order valence-electron chi connectivity index (χ0n) is 11.9. The minimum absolute atomic E-state index is 0.0754. The number of amidine groups is 1. The molecular weight excluding hydrogens is 242 g/mol. The Labute approximate surface area is 115 Å². The summed E-state index contributed by atoms with van der Waals surface area (Å²) in [6, 6.07) is 0.537. The summed E-state index contributed by atoms with van der Waals surface area (Å²) in [7, 11) is 3.58. The topological polar surface area (TPSA) is 62.7 Å². The molecule has 19 heavy (non-hydrogen) atoms. The molecule has 2 N–H and O–H groups in total. The highest BCUT2D eigenvalue weighted by Gasteiger charge is 2.26. The highest BCUT2D eigenvalue weighted by Crippen LogP contribution is 2.21. The Balaban J connectivity index is 1.84. The number of nitrogens with zero attached hydrogens (tertiary/aromatic N) is 1. The van der Waals surface area contributed by atoms with Gasteiger partial charge in [0.15, 0.2) is 0 Å². The van der Waals surface area contributed by atoms with Crippen LogP contribution in [0.1, 0.15) is 44.9 Å². The minimum Gasteiger partial charge on any atom is -0.381 e. The van der Waals surface area contributed by atoms with Crippen LogP contribution in [0.3, 0.4) is 0 Å². The fourth-order valence-corrected chi connectivity index (χ4v) is 2.98. The second-order valence-electron chi connectivity index (χ2n) is 5.47. The van der Waals surface area contributed by atoms with Gasteiger partial charge in [-0.25, -0.2) is 0 Å². The SMILES string of the molecule is CN=C(NC1CCC(OC)CC1)[C@@H]1CCCC(=O)N1. The van der Waals surface area contributed by atoms with Crippen LogP contribution < -0.4 is 10.6 Å². The number of piperidine rings is 1. The molecule has 0 aromatic rings. The Hall–Kier alpha value is -1.10. The number of rotatable bonds is 3. The third-order valence-corrected chi connectivity index (χ3v) is 4.16. The standard InChI is InChI=1S/C14H25N3O2/c1-15-14(12-4-3-5-13(18)17-12)16-10-6-8-11(19-2)9-7-10/h10-12H,3-9H2,1-2H3,(H,15,16)(H,17,18)/t10?,11?,12-/m0/s1. The van der Waals surface area contributed by atoms with Crippen LogP contribution in [0.2, 0.25) is 0 Å². The van der Waals surface area contributed by atoms with Gasteiger partial charge in [0.2, 0.25) is 5.91 Å². The molecule has 0 aromatic heterocycles. The lowest BCUT2D eigenvalue weighted by atomic mass is 9.92. The Morgan fingerprint density at radius 3 is 2.63 bits per heavy atom. The van der Waals surface area contributed by atoms with Crippen LogP contribution in [-0.4, -0.2) is 44.1 Å². The van der Waals surface area contributed by atoms with E-state index in [4.69, 9.17) is 4.74 Å². The highest BCUT2D eigenvalue weighted by atomic mass is 16.5. The van der Waals surface area contributed by atoms with Crippen LogP contribution in [0.4, 0.5) is 0 Å². The number of hydrogen-bond acceptors (Lipinski definition) is 3. The van der Waals surface area contributed by atoms with E-state index in [9.17, 15) is 4.79 Å². The van der Waals surface area contributed by atoms with E-state index in [0.29, 0.717) is 18.6 Å². The molecule has 2 fully saturated rings. The van der Waals surface area contributed by atoms with Gasteiger partial charge in [-0.15, -0.1) is 0 Å². The number of carbonyl (C=O) groups is 1. The summed E-state index contributed by atoms with van der Waals surface area (Å²) >= 11 is 0. The van der Waals surface area contributed by atoms with E-state index in [-0.39, 0.29) is 11.9 Å². The van der Waals surface area contributed by atoms with Crippen LogP contribution in [0.15, 0.2) is 4.99 Å². The molecule has 1 atom stereocenters. The summed E-state index contributed by atoms with van der Waals surface area (Å²) in [6.07, 6.45) is 7.41. The van der Waals surface area contributed by atoms with Gasteiger partial charge in [0.05, 0.1) is 12.1 Å². The molecule has 0 aromatic carbocycles. The molecule has 1 aliphatic heterocycles. The summed E-state index contributed by atoms with van der Waals surface area (Å²) in [6.45, 7) is 0. The molecular formula is C14H25N3O2. The normalized spacial score (nSPS) is 32.8. The molecule has 0 bridgehead atoms. The predicted molar refractivity (Wildman–Crippen MR) is 75.3 cm³/mol. The van der Waals surface area contributed by atoms with Crippen molar-refractivity contribution >= 4 is 11.7 Å². The maximum absolute atomic E-state index is 11.5. The van der Waals surface area contributed by atoms with Crippen molar-refractivity contribution in [3.63, 3.8) is 0 Å². The fraction of sp³-hybridized carbons (Fsp3) is 0.857. The van der Waals surface area contributed by atoms with Crippen molar-refractivity contribution < 1.29 is 9.53 Å². The molecule has 2 aliphatic rings. The average Bonchev–Trinajstić information content (AvgIpc) is 2.45. The summed E-state index contributed by atoms with van der Waals surface area (Å²) in [5.41, 5.74) is 0. The van der Waals surface area contributed by atoms with Crippen LogP contribution in [-0.2, 0) is 9.53 Å². The van der Waals surface area contributed by atoms with Gasteiger partial charge in [-0.05, 0) is 38.5 Å². The summed E-state index contributed by atoms with van der Waals surface area (Å²) in [5, 5.41) is 6.54. The molecule has 1 aliphatic carbocycles. The Morgan fingerprint density at radius 2 is 2.05 bits per heavy atom. The smallest absolute Gasteiger partial charge is 0.220 e. The molecule has 108 valence electrons. The van der Waals surface area contributed by atoms with Crippen molar-refractivity contribution in [1.29, 1.82) is 0 Å². The van der Waals surface area contributed by atoms with Gasteiger partial charge in [0.1, 0.15) is 5.84 Å². The van der Waals surface area contributed by atoms with E-state index >= 15 is 0 Å². The number of aliphatic imine (C=N–C) groups is 1. The third-order valence-electron chi connectivity index (χ3n) is 4.16. The van der Waals surface area contributed by atoms with Crippen LogP contribution in [0.5, 0.6) is 0 Å². The van der Waals surface area contributed by atoms with Crippen LogP contribution in [0.25, 0.3) is 0 Å². The maximum Gasteiger partial charge on any atom is 0.220 e. The first kappa shape index (κ1) is 14.3. The second kappa shape index (κ2) is 6.89. The molecule has 0 spiro atoms. The fourth-order valence-electron chi connectivity index (χ4n) is 2.98. The van der Waals surface area contributed by atoms with E-state index in [2.05, 4.69) is 15.6 Å². The van der Waals surface area contributed by atoms with E-state index in [1.54, 1.807) is 14.2 Å². The highest BCUT2D eigenvalue weighted by molar-refractivity contribution is 5.92. The first-order chi connectivity index (χ1) is 9.22. The number of ether oxygens (including phenoxy) is 1. The third kappa shape index (κ3) is 3.93. The summed E-state index contributed by atoms with van der Waals surface area (Å²) < 4.78 is 5.39. The summed E-state index contributed by atoms with van der Waals surface area (Å²) in [5.74, 6) is 1.08. The van der Waals surface area contributed by atoms with E-state index in [0.717, 1.165) is 44.4 Å². The Morgan fingerprint density at radius 1 is 1.32 bits per heavy atom. The number of hydrogen-bond donors (Lipinski definition) is 2. The first-order valence-corrected chi connectivity index (χ1v) is 7.28. The molecule has 5 nitrogen and oxygen atoms in total. The van der Waals surface area contributed by atoms with Crippen molar-refractivity contribution in [2.75, 3.05) is 14.2 Å². The molecule has 1 amide bonds. The minimum atomic E-state index is 0.0754. The van der Waals surface area contributed by atoms with Crippen molar-refractivity contribution in [3.05, 3.63) is 0 Å². The Kier molecular flexibility index (Phi) is 5.19. The number of amides is 1. The lowest BCUT2D eigenvalue weighted by Crippen LogP contribution is -2.52. The second-order valence-corrected chi connectivity index (χ2v) is 5.47. The lowest BCUT2D eigenvalue weighted by Gasteiger charge is -2.32. The zero-order valence-corrected chi connectivity index (χ0v) is 11.9. The molecule has 0 unspecified atom stereocenters. The first-order valence-electron chi connectivity index (χ1n) is 7.28. The monoisotopic (exact) mass is 267 g/mol. The maximum atomic E-state index is 11.5. The van der Waals surface area contributed by atoms with Gasteiger partial charge >= 0.3 is 0 Å². The number of carbonyl (C=O) groups excluding carboxylic acids is 1. The number of nitrogens with one attached hydrogen (secondary N) is 2. The van der Waals surface area contributed by atoms with Crippen molar-refractivity contribution in [2.45, 2.75) is 63.1 Å². The Bertz CT molecular complexity index is 336.